The van der Waals surface area contributed by atoms with E-state index in [0.717, 1.165) is 4.31 Å². The van der Waals surface area contributed by atoms with Crippen molar-refractivity contribution in [1.29, 1.82) is 0 Å². The first kappa shape index (κ1) is 19.2. The molecule has 1 N–H and O–H groups in total. The molecule has 0 bridgehead atoms. The van der Waals surface area contributed by atoms with Crippen LogP contribution in [0.1, 0.15) is 5.76 Å². The Labute approximate surface area is 162 Å². The highest BCUT2D eigenvalue weighted by Crippen LogP contribution is 2.22. The van der Waals surface area contributed by atoms with Gasteiger partial charge in [-0.2, -0.15) is 4.31 Å². The van der Waals surface area contributed by atoms with Gasteiger partial charge in [-0.3, -0.25) is 4.79 Å². The van der Waals surface area contributed by atoms with Crippen LogP contribution in [0, 0.1) is 0 Å². The largest absolute Gasteiger partial charge is 0.468 e. The Hall–Kier alpha value is -2.61. The average Bonchev–Trinajstić information content (AvgIpc) is 3.15. The summed E-state index contributed by atoms with van der Waals surface area (Å²) in [5.74, 6) is -0.0357. The van der Waals surface area contributed by atoms with Gasteiger partial charge in [-0.15, -0.1) is 0 Å². The number of furan rings is 1. The molecule has 0 saturated carbocycles. The summed E-state index contributed by atoms with van der Waals surface area (Å²) in [4.78, 5) is 12.4. The van der Waals surface area contributed by atoms with Gasteiger partial charge in [0.25, 0.3) is 0 Å². The van der Waals surface area contributed by atoms with Crippen LogP contribution in [0.25, 0.3) is 0 Å². The number of nitrogens with one attached hydrogen (secondary N) is 1. The first-order chi connectivity index (χ1) is 12.9. The van der Waals surface area contributed by atoms with E-state index in [1.165, 1.54) is 18.4 Å². The molecule has 1 heterocycles. The molecule has 0 aliphatic carbocycles. The van der Waals surface area contributed by atoms with Crippen molar-refractivity contribution in [2.24, 2.45) is 0 Å². The second kappa shape index (κ2) is 8.39. The Morgan fingerprint density at radius 3 is 2.48 bits per heavy atom. The minimum Gasteiger partial charge on any atom is -0.468 e. The van der Waals surface area contributed by atoms with Crippen LogP contribution in [0.2, 0.25) is 5.02 Å². The molecule has 8 heteroatoms. The lowest BCUT2D eigenvalue weighted by Gasteiger charge is -2.21. The summed E-state index contributed by atoms with van der Waals surface area (Å²) in [6.07, 6.45) is 1.45. The SMILES string of the molecule is O=C(CN(Cc1ccco1)S(=O)(=O)c1cccc(Cl)c1)Nc1ccccc1. The molecule has 27 heavy (non-hydrogen) atoms. The van der Waals surface area contributed by atoms with E-state index in [1.807, 2.05) is 6.07 Å². The summed E-state index contributed by atoms with van der Waals surface area (Å²) >= 11 is 5.93. The van der Waals surface area contributed by atoms with Crippen LogP contribution >= 0.6 is 11.6 Å². The lowest BCUT2D eigenvalue weighted by molar-refractivity contribution is -0.116. The van der Waals surface area contributed by atoms with Crippen LogP contribution in [-0.4, -0.2) is 25.2 Å². The number of sulfonamides is 1. The number of rotatable bonds is 7. The lowest BCUT2D eigenvalue weighted by atomic mass is 10.3. The fourth-order valence-corrected chi connectivity index (χ4v) is 4.12. The zero-order chi connectivity index (χ0) is 19.3. The van der Waals surface area contributed by atoms with Gasteiger partial charge in [-0.05, 0) is 42.5 Å². The van der Waals surface area contributed by atoms with Gasteiger partial charge in [0, 0.05) is 10.7 Å². The van der Waals surface area contributed by atoms with Crippen LogP contribution in [-0.2, 0) is 21.4 Å². The van der Waals surface area contributed by atoms with Crippen LogP contribution < -0.4 is 5.32 Å². The van der Waals surface area contributed by atoms with Gasteiger partial charge in [0.15, 0.2) is 0 Å². The van der Waals surface area contributed by atoms with Crippen LogP contribution in [0.15, 0.2) is 82.3 Å². The maximum absolute atomic E-state index is 13.0. The molecule has 3 aromatic rings. The van der Waals surface area contributed by atoms with Crippen molar-refractivity contribution < 1.29 is 17.6 Å². The maximum atomic E-state index is 13.0. The van der Waals surface area contributed by atoms with E-state index in [1.54, 1.807) is 48.5 Å². The summed E-state index contributed by atoms with van der Waals surface area (Å²) < 4.78 is 32.4. The third-order valence-corrected chi connectivity index (χ3v) is 5.75. The Morgan fingerprint density at radius 1 is 1.04 bits per heavy atom. The summed E-state index contributed by atoms with van der Waals surface area (Å²) in [7, 11) is -3.96. The number of hydrogen-bond donors (Lipinski definition) is 1. The highest BCUT2D eigenvalue weighted by atomic mass is 35.5. The van der Waals surface area contributed by atoms with Crippen molar-refractivity contribution in [3.63, 3.8) is 0 Å². The molecule has 1 amide bonds. The molecule has 6 nitrogen and oxygen atoms in total. The predicted octanol–water partition coefficient (Wildman–Crippen LogP) is 3.76. The summed E-state index contributed by atoms with van der Waals surface area (Å²) in [6.45, 7) is -0.450. The topological polar surface area (TPSA) is 79.6 Å². The molecule has 0 fully saturated rings. The monoisotopic (exact) mass is 404 g/mol. The highest BCUT2D eigenvalue weighted by Gasteiger charge is 2.28. The van der Waals surface area contributed by atoms with E-state index in [-0.39, 0.29) is 18.0 Å². The van der Waals surface area contributed by atoms with Crippen molar-refractivity contribution in [1.82, 2.24) is 4.31 Å². The van der Waals surface area contributed by atoms with Crippen molar-refractivity contribution >= 4 is 33.2 Å². The highest BCUT2D eigenvalue weighted by molar-refractivity contribution is 7.89. The third-order valence-electron chi connectivity index (χ3n) is 3.72. The number of nitrogens with zero attached hydrogens (tertiary/aromatic N) is 1. The first-order valence-electron chi connectivity index (χ1n) is 8.08. The van der Waals surface area contributed by atoms with E-state index in [9.17, 15) is 13.2 Å². The zero-order valence-electron chi connectivity index (χ0n) is 14.2. The normalized spacial score (nSPS) is 11.5. The molecule has 0 aliphatic heterocycles. The third kappa shape index (κ3) is 4.97. The average molecular weight is 405 g/mol. The second-order valence-corrected chi connectivity index (χ2v) is 8.10. The molecule has 0 spiro atoms. The Kier molecular flexibility index (Phi) is 5.95. The minimum atomic E-state index is -3.96. The van der Waals surface area contributed by atoms with Crippen LogP contribution in [0.3, 0.4) is 0 Å². The van der Waals surface area contributed by atoms with Crippen LogP contribution in [0.5, 0.6) is 0 Å². The van der Waals surface area contributed by atoms with E-state index < -0.39 is 15.9 Å². The molecule has 140 valence electrons. The molecule has 2 aromatic carbocycles. The van der Waals surface area contributed by atoms with Crippen molar-refractivity contribution in [3.8, 4) is 0 Å². The standard InChI is InChI=1S/C19H17ClN2O4S/c20-15-6-4-10-18(12-15)27(24,25)22(13-17-9-5-11-26-17)14-19(23)21-16-7-2-1-3-8-16/h1-12H,13-14H2,(H,21,23). The summed E-state index contributed by atoms with van der Waals surface area (Å²) in [5.41, 5.74) is 0.584. The first-order valence-corrected chi connectivity index (χ1v) is 9.90. The number of para-hydroxylation sites is 1. The predicted molar refractivity (Wildman–Crippen MR) is 103 cm³/mol. The van der Waals surface area contributed by atoms with Gasteiger partial charge in [0.1, 0.15) is 5.76 Å². The molecule has 0 saturated heterocycles. The van der Waals surface area contributed by atoms with Gasteiger partial charge in [-0.1, -0.05) is 35.9 Å². The van der Waals surface area contributed by atoms with Crippen molar-refractivity contribution in [2.45, 2.75) is 11.4 Å². The van der Waals surface area contributed by atoms with Crippen molar-refractivity contribution in [3.05, 3.63) is 83.8 Å². The molecule has 0 unspecified atom stereocenters. The van der Waals surface area contributed by atoms with E-state index in [4.69, 9.17) is 16.0 Å². The number of carbonyl (C=O) groups is 1. The quantitative estimate of drug-likeness (QED) is 0.650. The Morgan fingerprint density at radius 2 is 1.81 bits per heavy atom. The fraction of sp³-hybridized carbons (Fsp3) is 0.105. The van der Waals surface area contributed by atoms with Gasteiger partial charge >= 0.3 is 0 Å². The molecule has 3 rings (SSSR count). The van der Waals surface area contributed by atoms with E-state index >= 15 is 0 Å². The lowest BCUT2D eigenvalue weighted by Crippen LogP contribution is -2.37. The zero-order valence-corrected chi connectivity index (χ0v) is 15.8. The fourth-order valence-electron chi connectivity index (χ4n) is 2.46. The Bertz CT molecular complexity index is 1010. The smallest absolute Gasteiger partial charge is 0.244 e. The van der Waals surface area contributed by atoms with Crippen molar-refractivity contribution in [2.75, 3.05) is 11.9 Å². The molecule has 0 radical (unpaired) electrons. The number of benzene rings is 2. The van der Waals surface area contributed by atoms with Gasteiger partial charge in [0.2, 0.25) is 15.9 Å². The van der Waals surface area contributed by atoms with Crippen LogP contribution in [0.4, 0.5) is 5.69 Å². The number of amides is 1. The van der Waals surface area contributed by atoms with E-state index in [0.29, 0.717) is 16.5 Å². The minimum absolute atomic E-state index is 0.00840. The summed E-state index contributed by atoms with van der Waals surface area (Å²) in [6, 6.07) is 18.0. The maximum Gasteiger partial charge on any atom is 0.244 e. The molecular weight excluding hydrogens is 388 g/mol. The molecule has 0 atom stereocenters. The number of halogens is 1. The van der Waals surface area contributed by atoms with Gasteiger partial charge in [-0.25, -0.2) is 8.42 Å². The van der Waals surface area contributed by atoms with Gasteiger partial charge < -0.3 is 9.73 Å². The molecule has 0 aliphatic rings. The van der Waals surface area contributed by atoms with E-state index in [2.05, 4.69) is 5.32 Å². The van der Waals surface area contributed by atoms with Gasteiger partial charge in [0.05, 0.1) is 24.2 Å². The molecule has 1 aromatic heterocycles. The number of anilines is 1. The number of carbonyl (C=O) groups excluding carboxylic acids is 1. The molecular formula is C19H17ClN2O4S. The second-order valence-electron chi connectivity index (χ2n) is 5.72. The number of hydrogen-bond acceptors (Lipinski definition) is 4. The summed E-state index contributed by atoms with van der Waals surface area (Å²) in [5, 5.41) is 2.98. The Balaban J connectivity index is 1.85.